The zero-order valence-corrected chi connectivity index (χ0v) is 8.63. The number of rotatable bonds is 0. The second-order valence-electron chi connectivity index (χ2n) is 2.99. The van der Waals surface area contributed by atoms with Gasteiger partial charge in [0.15, 0.2) is 5.78 Å². The highest BCUT2D eigenvalue weighted by molar-refractivity contribution is 9.10. The molecule has 0 spiro atoms. The van der Waals surface area contributed by atoms with E-state index in [1.54, 1.807) is 0 Å². The van der Waals surface area contributed by atoms with Gasteiger partial charge in [0.2, 0.25) is 0 Å². The largest absolute Gasteiger partial charge is 0.493 e. The highest BCUT2D eigenvalue weighted by Gasteiger charge is 2.18. The van der Waals surface area contributed by atoms with Crippen molar-refractivity contribution in [1.82, 2.24) is 0 Å². The standard InChI is InChI=1S/C10H9BrO2/c11-7-3-1-5-9-10(7)8(12)4-2-6-13-9/h1,3,5H,2,4,6H2. The maximum Gasteiger partial charge on any atom is 0.167 e. The van der Waals surface area contributed by atoms with Gasteiger partial charge in [-0.3, -0.25) is 4.79 Å². The summed E-state index contributed by atoms with van der Waals surface area (Å²) in [5.74, 6) is 0.872. The molecular weight excluding hydrogens is 232 g/mol. The summed E-state index contributed by atoms with van der Waals surface area (Å²) in [6.07, 6.45) is 1.38. The fraction of sp³-hybridized carbons (Fsp3) is 0.300. The summed E-state index contributed by atoms with van der Waals surface area (Å²) < 4.78 is 6.28. The van der Waals surface area contributed by atoms with Gasteiger partial charge >= 0.3 is 0 Å². The Morgan fingerprint density at radius 3 is 3.08 bits per heavy atom. The van der Waals surface area contributed by atoms with Crippen LogP contribution in [0.5, 0.6) is 5.75 Å². The molecule has 0 bridgehead atoms. The van der Waals surface area contributed by atoms with Crippen LogP contribution in [-0.2, 0) is 0 Å². The Morgan fingerprint density at radius 2 is 2.23 bits per heavy atom. The lowest BCUT2D eigenvalue weighted by molar-refractivity contribution is 0.0982. The molecule has 1 aromatic carbocycles. The van der Waals surface area contributed by atoms with Gasteiger partial charge in [0.25, 0.3) is 0 Å². The average molecular weight is 241 g/mol. The molecule has 1 heterocycles. The average Bonchev–Trinajstić information content (AvgIpc) is 2.29. The maximum absolute atomic E-state index is 11.6. The van der Waals surface area contributed by atoms with Crippen LogP contribution in [-0.4, -0.2) is 12.4 Å². The Kier molecular flexibility index (Phi) is 2.36. The van der Waals surface area contributed by atoms with Crippen LogP contribution in [0.25, 0.3) is 0 Å². The summed E-state index contributed by atoms with van der Waals surface area (Å²) in [4.78, 5) is 11.6. The summed E-state index contributed by atoms with van der Waals surface area (Å²) in [6.45, 7) is 0.634. The smallest absolute Gasteiger partial charge is 0.167 e. The molecule has 0 aromatic heterocycles. The van der Waals surface area contributed by atoms with Gasteiger partial charge in [-0.2, -0.15) is 0 Å². The van der Waals surface area contributed by atoms with Gasteiger partial charge in [-0.15, -0.1) is 0 Å². The van der Waals surface area contributed by atoms with Crippen LogP contribution in [0.15, 0.2) is 22.7 Å². The van der Waals surface area contributed by atoms with Gasteiger partial charge in [0, 0.05) is 10.9 Å². The van der Waals surface area contributed by atoms with Crippen molar-refractivity contribution in [3.05, 3.63) is 28.2 Å². The van der Waals surface area contributed by atoms with E-state index in [-0.39, 0.29) is 5.78 Å². The van der Waals surface area contributed by atoms with E-state index in [0.717, 1.165) is 10.9 Å². The van der Waals surface area contributed by atoms with E-state index < -0.39 is 0 Å². The number of Topliss-reactive ketones (excluding diaryl/α,β-unsaturated/α-hetero) is 1. The minimum atomic E-state index is 0.167. The third-order valence-corrected chi connectivity index (χ3v) is 2.72. The first-order valence-corrected chi connectivity index (χ1v) is 5.03. The molecule has 0 atom stereocenters. The molecule has 0 N–H and O–H groups in total. The minimum Gasteiger partial charge on any atom is -0.493 e. The number of halogens is 1. The van der Waals surface area contributed by atoms with Crippen LogP contribution >= 0.6 is 15.9 Å². The number of ketones is 1. The van der Waals surface area contributed by atoms with Crippen molar-refractivity contribution in [3.63, 3.8) is 0 Å². The van der Waals surface area contributed by atoms with E-state index in [2.05, 4.69) is 15.9 Å². The predicted octanol–water partition coefficient (Wildman–Crippen LogP) is 2.80. The lowest BCUT2D eigenvalue weighted by Gasteiger charge is -2.06. The lowest BCUT2D eigenvalue weighted by Crippen LogP contribution is -1.98. The van der Waals surface area contributed by atoms with Gasteiger partial charge in [0.05, 0.1) is 12.2 Å². The first kappa shape index (κ1) is 8.75. The summed E-state index contributed by atoms with van der Waals surface area (Å²) in [6, 6.07) is 5.58. The zero-order chi connectivity index (χ0) is 9.26. The van der Waals surface area contributed by atoms with Crippen LogP contribution in [0.3, 0.4) is 0 Å². The third kappa shape index (κ3) is 1.61. The number of fused-ring (bicyclic) bond motifs is 1. The van der Waals surface area contributed by atoms with E-state index in [4.69, 9.17) is 4.74 Å². The minimum absolute atomic E-state index is 0.167. The lowest BCUT2D eigenvalue weighted by atomic mass is 10.1. The Balaban J connectivity index is 2.55. The maximum atomic E-state index is 11.6. The van der Waals surface area contributed by atoms with Gasteiger partial charge in [0.1, 0.15) is 5.75 Å². The Hall–Kier alpha value is -0.830. The Bertz CT molecular complexity index is 347. The van der Waals surface area contributed by atoms with Crippen molar-refractivity contribution < 1.29 is 9.53 Å². The van der Waals surface area contributed by atoms with Crippen molar-refractivity contribution in [2.75, 3.05) is 6.61 Å². The molecule has 3 heteroatoms. The first-order valence-electron chi connectivity index (χ1n) is 4.23. The van der Waals surface area contributed by atoms with Gasteiger partial charge in [-0.25, -0.2) is 0 Å². The molecule has 68 valence electrons. The molecule has 2 rings (SSSR count). The second kappa shape index (κ2) is 3.50. The molecule has 1 aromatic rings. The van der Waals surface area contributed by atoms with Crippen molar-refractivity contribution >= 4 is 21.7 Å². The number of benzene rings is 1. The van der Waals surface area contributed by atoms with E-state index in [9.17, 15) is 4.79 Å². The summed E-state index contributed by atoms with van der Waals surface area (Å²) >= 11 is 3.36. The molecule has 1 aliphatic rings. The highest BCUT2D eigenvalue weighted by atomic mass is 79.9. The number of carbonyl (C=O) groups is 1. The third-order valence-electron chi connectivity index (χ3n) is 2.06. The van der Waals surface area contributed by atoms with Crippen LogP contribution in [0.1, 0.15) is 23.2 Å². The van der Waals surface area contributed by atoms with Crippen molar-refractivity contribution in [2.24, 2.45) is 0 Å². The summed E-state index contributed by atoms with van der Waals surface area (Å²) in [7, 11) is 0. The van der Waals surface area contributed by atoms with Crippen LogP contribution in [0, 0.1) is 0 Å². The van der Waals surface area contributed by atoms with E-state index in [1.165, 1.54) is 0 Å². The van der Waals surface area contributed by atoms with Crippen molar-refractivity contribution in [3.8, 4) is 5.75 Å². The summed E-state index contributed by atoms with van der Waals surface area (Å²) in [5, 5.41) is 0. The molecule has 0 amide bonds. The summed E-state index contributed by atoms with van der Waals surface area (Å²) in [5.41, 5.74) is 0.694. The fourth-order valence-electron chi connectivity index (χ4n) is 1.44. The molecule has 0 unspecified atom stereocenters. The van der Waals surface area contributed by atoms with Crippen molar-refractivity contribution in [1.29, 1.82) is 0 Å². The monoisotopic (exact) mass is 240 g/mol. The highest BCUT2D eigenvalue weighted by Crippen LogP contribution is 2.30. The Labute approximate surface area is 85.0 Å². The Morgan fingerprint density at radius 1 is 1.38 bits per heavy atom. The van der Waals surface area contributed by atoms with E-state index in [1.807, 2.05) is 18.2 Å². The SMILES string of the molecule is O=C1CCCOc2cccc(Br)c21. The topological polar surface area (TPSA) is 26.3 Å². The fourth-order valence-corrected chi connectivity index (χ4v) is 2.00. The molecule has 2 nitrogen and oxygen atoms in total. The molecular formula is C10H9BrO2. The van der Waals surface area contributed by atoms with Crippen LogP contribution < -0.4 is 4.74 Å². The van der Waals surface area contributed by atoms with Gasteiger partial charge in [-0.05, 0) is 34.5 Å². The van der Waals surface area contributed by atoms with Crippen molar-refractivity contribution in [2.45, 2.75) is 12.8 Å². The first-order chi connectivity index (χ1) is 6.29. The molecule has 1 aliphatic heterocycles. The van der Waals surface area contributed by atoms with E-state index in [0.29, 0.717) is 24.3 Å². The van der Waals surface area contributed by atoms with Crippen LogP contribution in [0.4, 0.5) is 0 Å². The number of carbonyl (C=O) groups excluding carboxylic acids is 1. The number of ether oxygens (including phenoxy) is 1. The normalized spacial score (nSPS) is 15.9. The zero-order valence-electron chi connectivity index (χ0n) is 7.05. The number of hydrogen-bond donors (Lipinski definition) is 0. The molecule has 0 radical (unpaired) electrons. The predicted molar refractivity (Wildman–Crippen MR) is 53.2 cm³/mol. The molecule has 13 heavy (non-hydrogen) atoms. The molecule has 0 fully saturated rings. The van der Waals surface area contributed by atoms with Gasteiger partial charge in [-0.1, -0.05) is 6.07 Å². The van der Waals surface area contributed by atoms with Crippen LogP contribution in [0.2, 0.25) is 0 Å². The molecule has 0 saturated carbocycles. The van der Waals surface area contributed by atoms with E-state index >= 15 is 0 Å². The van der Waals surface area contributed by atoms with Gasteiger partial charge < -0.3 is 4.74 Å². The molecule has 0 aliphatic carbocycles. The molecule has 0 saturated heterocycles. The quantitative estimate of drug-likeness (QED) is 0.698. The second-order valence-corrected chi connectivity index (χ2v) is 3.84. The number of hydrogen-bond acceptors (Lipinski definition) is 2.